The predicted octanol–water partition coefficient (Wildman–Crippen LogP) is 5.12. The van der Waals surface area contributed by atoms with Gasteiger partial charge in [-0.2, -0.15) is 0 Å². The van der Waals surface area contributed by atoms with Gasteiger partial charge in [-0.15, -0.1) is 0 Å². The van der Waals surface area contributed by atoms with Gasteiger partial charge in [0.1, 0.15) is 5.34 Å². The summed E-state index contributed by atoms with van der Waals surface area (Å²) in [7, 11) is 3.04. The molecule has 1 aliphatic rings. The molecular formula is C22H21OP. The molecule has 4 rings (SSSR count). The summed E-state index contributed by atoms with van der Waals surface area (Å²) >= 11 is 0. The van der Waals surface area contributed by atoms with Crippen LogP contribution in [0.1, 0.15) is 23.1 Å². The minimum absolute atomic E-state index is 0.221. The maximum absolute atomic E-state index is 6.41. The molecule has 1 saturated heterocycles. The van der Waals surface area contributed by atoms with Gasteiger partial charge in [-0.05, 0) is 23.1 Å². The van der Waals surface area contributed by atoms with Crippen molar-refractivity contribution in [1.29, 1.82) is 0 Å². The van der Waals surface area contributed by atoms with Crippen LogP contribution in [-0.4, -0.2) is 6.61 Å². The van der Waals surface area contributed by atoms with E-state index in [9.17, 15) is 0 Å². The first-order valence-electron chi connectivity index (χ1n) is 8.37. The Bertz CT molecular complexity index is 762. The van der Waals surface area contributed by atoms with Gasteiger partial charge in [-0.3, -0.25) is 0 Å². The smallest absolute Gasteiger partial charge is 0.120 e. The Balaban J connectivity index is 2.00. The summed E-state index contributed by atoms with van der Waals surface area (Å²) in [5.74, 6) is 0. The Kier molecular flexibility index (Phi) is 4.00. The fourth-order valence-electron chi connectivity index (χ4n) is 4.02. The van der Waals surface area contributed by atoms with Crippen LogP contribution in [-0.2, 0) is 15.5 Å². The van der Waals surface area contributed by atoms with Crippen molar-refractivity contribution in [1.82, 2.24) is 0 Å². The highest BCUT2D eigenvalue weighted by Crippen LogP contribution is 2.59. The summed E-state index contributed by atoms with van der Waals surface area (Å²) < 4.78 is 6.41. The van der Waals surface area contributed by atoms with Crippen molar-refractivity contribution in [3.05, 3.63) is 108 Å². The molecule has 24 heavy (non-hydrogen) atoms. The van der Waals surface area contributed by atoms with Crippen LogP contribution < -0.4 is 0 Å². The van der Waals surface area contributed by atoms with E-state index in [0.717, 1.165) is 13.0 Å². The molecule has 0 radical (unpaired) electrons. The molecule has 0 spiro atoms. The van der Waals surface area contributed by atoms with Gasteiger partial charge >= 0.3 is 0 Å². The zero-order chi connectivity index (χ0) is 16.5. The second-order valence-electron chi connectivity index (χ2n) is 6.34. The first-order valence-corrected chi connectivity index (χ1v) is 8.94. The maximum Gasteiger partial charge on any atom is 0.120 e. The summed E-state index contributed by atoms with van der Waals surface area (Å²) in [6, 6.07) is 32.1. The van der Waals surface area contributed by atoms with E-state index in [2.05, 4.69) is 100 Å². The van der Waals surface area contributed by atoms with Crippen molar-refractivity contribution in [3.63, 3.8) is 0 Å². The molecule has 2 atom stereocenters. The Labute approximate surface area is 145 Å². The largest absolute Gasteiger partial charge is 0.365 e. The van der Waals surface area contributed by atoms with Crippen LogP contribution in [0.4, 0.5) is 0 Å². The van der Waals surface area contributed by atoms with Gasteiger partial charge in [0.2, 0.25) is 0 Å². The van der Waals surface area contributed by atoms with E-state index >= 15 is 0 Å². The van der Waals surface area contributed by atoms with E-state index in [1.54, 1.807) is 0 Å². The second-order valence-corrected chi connectivity index (χ2v) is 7.15. The van der Waals surface area contributed by atoms with Gasteiger partial charge < -0.3 is 4.74 Å². The molecule has 1 nitrogen and oxygen atoms in total. The molecular weight excluding hydrogens is 311 g/mol. The van der Waals surface area contributed by atoms with Gasteiger partial charge in [-0.1, -0.05) is 100 Å². The molecule has 120 valence electrons. The lowest BCUT2D eigenvalue weighted by atomic mass is 9.67. The topological polar surface area (TPSA) is 9.23 Å². The van der Waals surface area contributed by atoms with Crippen LogP contribution in [0.15, 0.2) is 91.0 Å². The average Bonchev–Trinajstić information content (AvgIpc) is 3.03. The molecule has 1 fully saturated rings. The fraction of sp³-hybridized carbons (Fsp3) is 0.182. The molecule has 0 aromatic heterocycles. The Morgan fingerprint density at radius 1 is 0.625 bits per heavy atom. The molecule has 3 aromatic rings. The van der Waals surface area contributed by atoms with E-state index in [4.69, 9.17) is 4.74 Å². The molecule has 1 heterocycles. The highest BCUT2D eigenvalue weighted by atomic mass is 31.0. The normalized spacial score (nSPS) is 22.4. The van der Waals surface area contributed by atoms with E-state index in [-0.39, 0.29) is 5.41 Å². The Morgan fingerprint density at radius 3 is 1.50 bits per heavy atom. The second kappa shape index (κ2) is 6.16. The standard InChI is InChI=1S/C22H21OP/c24-22(20-14-8-3-9-15-20)21(16-17-23-22,18-10-4-1-5-11-18)19-12-6-2-7-13-19/h1-15H,16-17,24H2. The Hall–Kier alpha value is -1.95. The lowest BCUT2D eigenvalue weighted by Gasteiger charge is -2.43. The number of hydrogen-bond acceptors (Lipinski definition) is 1. The van der Waals surface area contributed by atoms with Crippen molar-refractivity contribution in [3.8, 4) is 0 Å². The van der Waals surface area contributed by atoms with Gasteiger partial charge in [0.15, 0.2) is 0 Å². The number of benzene rings is 3. The first-order chi connectivity index (χ1) is 11.8. The minimum Gasteiger partial charge on any atom is -0.365 e. The summed E-state index contributed by atoms with van der Waals surface area (Å²) in [5.41, 5.74) is 3.57. The third-order valence-corrected chi connectivity index (χ3v) is 6.17. The van der Waals surface area contributed by atoms with Gasteiger partial charge in [-0.25, -0.2) is 0 Å². The zero-order valence-electron chi connectivity index (χ0n) is 13.6. The van der Waals surface area contributed by atoms with Crippen molar-refractivity contribution < 1.29 is 4.74 Å². The van der Waals surface area contributed by atoms with Gasteiger partial charge in [0.25, 0.3) is 0 Å². The Morgan fingerprint density at radius 2 is 1.04 bits per heavy atom. The van der Waals surface area contributed by atoms with Crippen LogP contribution in [0.3, 0.4) is 0 Å². The highest BCUT2D eigenvalue weighted by molar-refractivity contribution is 7.18. The summed E-state index contributed by atoms with van der Waals surface area (Å²) in [6.45, 7) is 0.738. The highest BCUT2D eigenvalue weighted by Gasteiger charge is 2.56. The SMILES string of the molecule is PC1(c2ccccc2)OCCC1(c1ccccc1)c1ccccc1. The van der Waals surface area contributed by atoms with Crippen LogP contribution in [0, 0.1) is 0 Å². The first kappa shape index (κ1) is 15.6. The summed E-state index contributed by atoms with van der Waals surface area (Å²) in [4.78, 5) is 0. The van der Waals surface area contributed by atoms with Gasteiger partial charge in [0.05, 0.1) is 5.41 Å². The van der Waals surface area contributed by atoms with E-state index < -0.39 is 5.34 Å². The molecule has 3 aromatic carbocycles. The monoisotopic (exact) mass is 332 g/mol. The average molecular weight is 332 g/mol. The van der Waals surface area contributed by atoms with Gasteiger partial charge in [0, 0.05) is 6.61 Å². The molecule has 1 aliphatic heterocycles. The zero-order valence-corrected chi connectivity index (χ0v) is 14.7. The van der Waals surface area contributed by atoms with Crippen LogP contribution >= 0.6 is 9.24 Å². The van der Waals surface area contributed by atoms with Crippen molar-refractivity contribution >= 4 is 9.24 Å². The van der Waals surface area contributed by atoms with Crippen molar-refractivity contribution in [2.24, 2.45) is 0 Å². The van der Waals surface area contributed by atoms with Crippen LogP contribution in [0.2, 0.25) is 0 Å². The van der Waals surface area contributed by atoms with Crippen molar-refractivity contribution in [2.75, 3.05) is 6.61 Å². The lowest BCUT2D eigenvalue weighted by molar-refractivity contribution is 0.0532. The predicted molar refractivity (Wildman–Crippen MR) is 102 cm³/mol. The third-order valence-electron chi connectivity index (χ3n) is 5.18. The fourth-order valence-corrected chi connectivity index (χ4v) is 4.81. The molecule has 2 unspecified atom stereocenters. The van der Waals surface area contributed by atoms with E-state index in [0.29, 0.717) is 0 Å². The molecule has 0 bridgehead atoms. The number of rotatable bonds is 3. The summed E-state index contributed by atoms with van der Waals surface area (Å²) in [5, 5.41) is -0.475. The maximum atomic E-state index is 6.41. The summed E-state index contributed by atoms with van der Waals surface area (Å²) in [6.07, 6.45) is 0.958. The van der Waals surface area contributed by atoms with E-state index in [1.165, 1.54) is 16.7 Å². The lowest BCUT2D eigenvalue weighted by Crippen LogP contribution is -2.42. The number of ether oxygens (including phenoxy) is 1. The van der Waals surface area contributed by atoms with Crippen LogP contribution in [0.25, 0.3) is 0 Å². The molecule has 0 saturated carbocycles. The third kappa shape index (κ3) is 2.24. The molecule has 0 amide bonds. The minimum atomic E-state index is -0.475. The van der Waals surface area contributed by atoms with Crippen molar-refractivity contribution in [2.45, 2.75) is 17.2 Å². The molecule has 2 heteroatoms. The number of hydrogen-bond donors (Lipinski definition) is 0. The molecule has 0 N–H and O–H groups in total. The van der Waals surface area contributed by atoms with E-state index in [1.807, 2.05) is 0 Å². The quantitative estimate of drug-likeness (QED) is 0.605. The van der Waals surface area contributed by atoms with Crippen LogP contribution in [0.5, 0.6) is 0 Å². The molecule has 0 aliphatic carbocycles.